The van der Waals surface area contributed by atoms with Crippen LogP contribution in [0.3, 0.4) is 0 Å². The average Bonchev–Trinajstić information content (AvgIpc) is 2.46. The van der Waals surface area contributed by atoms with E-state index >= 15 is 0 Å². The van der Waals surface area contributed by atoms with Crippen LogP contribution in [0.15, 0.2) is 6.20 Å². The van der Waals surface area contributed by atoms with E-state index < -0.39 is 0 Å². The minimum absolute atomic E-state index is 0. The molecular weight excluding hydrogens is 213 g/mol. The van der Waals surface area contributed by atoms with Gasteiger partial charge in [-0.25, -0.2) is 4.98 Å². The van der Waals surface area contributed by atoms with Crippen molar-refractivity contribution in [3.8, 4) is 0 Å². The average molecular weight is 226 g/mol. The van der Waals surface area contributed by atoms with Crippen LogP contribution in [-0.4, -0.2) is 16.2 Å². The number of fused-ring (bicyclic) bond motifs is 1. The molecule has 1 aromatic heterocycles. The van der Waals surface area contributed by atoms with Crippen molar-refractivity contribution < 1.29 is 4.74 Å². The van der Waals surface area contributed by atoms with Crippen LogP contribution < -0.4 is 5.73 Å². The maximum Gasteiger partial charge on any atom is 0.135 e. The lowest BCUT2D eigenvalue weighted by molar-refractivity contribution is 0.0816. The van der Waals surface area contributed by atoms with Gasteiger partial charge in [0.1, 0.15) is 12.4 Å². The highest BCUT2D eigenvalue weighted by Crippen LogP contribution is 2.08. The highest BCUT2D eigenvalue weighted by atomic mass is 35.5. The molecule has 76 valence electrons. The van der Waals surface area contributed by atoms with E-state index in [9.17, 15) is 0 Å². The third-order valence-electron chi connectivity index (χ3n) is 1.83. The van der Waals surface area contributed by atoms with Crippen LogP contribution in [0.5, 0.6) is 0 Å². The molecule has 6 heteroatoms. The van der Waals surface area contributed by atoms with Gasteiger partial charge in [0.05, 0.1) is 12.3 Å². The summed E-state index contributed by atoms with van der Waals surface area (Å²) in [6.45, 7) is 2.83. The summed E-state index contributed by atoms with van der Waals surface area (Å²) < 4.78 is 7.33. The topological polar surface area (TPSA) is 53.1 Å². The zero-order valence-electron chi connectivity index (χ0n) is 7.10. The highest BCUT2D eigenvalue weighted by molar-refractivity contribution is 5.85. The van der Waals surface area contributed by atoms with Crippen LogP contribution in [-0.2, 0) is 24.4 Å². The summed E-state index contributed by atoms with van der Waals surface area (Å²) in [6, 6.07) is 0. The van der Waals surface area contributed by atoms with E-state index in [1.54, 1.807) is 0 Å². The lowest BCUT2D eigenvalue weighted by Gasteiger charge is -2.13. The smallest absolute Gasteiger partial charge is 0.135 e. The molecule has 0 bridgehead atoms. The van der Waals surface area contributed by atoms with Crippen molar-refractivity contribution >= 4 is 24.8 Å². The molecule has 0 saturated carbocycles. The summed E-state index contributed by atoms with van der Waals surface area (Å²) in [5.41, 5.74) is 6.39. The van der Waals surface area contributed by atoms with E-state index in [1.165, 1.54) is 0 Å². The van der Waals surface area contributed by atoms with Crippen LogP contribution in [0.4, 0.5) is 0 Å². The van der Waals surface area contributed by atoms with Gasteiger partial charge in [-0.3, -0.25) is 0 Å². The number of rotatable bonds is 1. The molecule has 2 N–H and O–H groups in total. The van der Waals surface area contributed by atoms with Gasteiger partial charge >= 0.3 is 0 Å². The Bertz CT molecular complexity index is 241. The molecule has 0 unspecified atom stereocenters. The first kappa shape index (κ1) is 12.7. The fraction of sp³-hybridized carbons (Fsp3) is 0.571. The van der Waals surface area contributed by atoms with Crippen LogP contribution >= 0.6 is 24.8 Å². The van der Waals surface area contributed by atoms with Gasteiger partial charge in [-0.2, -0.15) is 0 Å². The molecule has 2 rings (SSSR count). The molecule has 4 nitrogen and oxygen atoms in total. The lowest BCUT2D eigenvalue weighted by Crippen LogP contribution is -2.15. The molecule has 13 heavy (non-hydrogen) atoms. The Morgan fingerprint density at radius 2 is 2.31 bits per heavy atom. The summed E-state index contributed by atoms with van der Waals surface area (Å²) in [5.74, 6) is 0.997. The molecule has 1 aromatic rings. The zero-order valence-corrected chi connectivity index (χ0v) is 8.74. The third kappa shape index (κ3) is 2.57. The Kier molecular flexibility index (Phi) is 5.32. The minimum atomic E-state index is 0. The van der Waals surface area contributed by atoms with Crippen LogP contribution in [0, 0.1) is 0 Å². The van der Waals surface area contributed by atoms with Crippen LogP contribution in [0.25, 0.3) is 0 Å². The van der Waals surface area contributed by atoms with E-state index in [4.69, 9.17) is 10.5 Å². The standard InChI is InChI=1S/C7H11N3O.2ClH/c8-3-6-4-10-1-2-11-5-7(10)9-6;;/h4H,1-3,5,8H2;2*1H. The summed E-state index contributed by atoms with van der Waals surface area (Å²) in [5, 5.41) is 0. The second kappa shape index (κ2) is 5.44. The molecular formula is C7H13Cl2N3O. The molecule has 2 heterocycles. The summed E-state index contributed by atoms with van der Waals surface area (Å²) >= 11 is 0. The molecule has 1 aliphatic rings. The monoisotopic (exact) mass is 225 g/mol. The number of ether oxygens (including phenoxy) is 1. The van der Waals surface area contributed by atoms with Crippen molar-refractivity contribution in [3.63, 3.8) is 0 Å². The van der Waals surface area contributed by atoms with Crippen molar-refractivity contribution in [1.29, 1.82) is 0 Å². The van der Waals surface area contributed by atoms with Crippen molar-refractivity contribution in [2.24, 2.45) is 5.73 Å². The molecule has 0 atom stereocenters. The Labute approximate surface area is 89.3 Å². The largest absolute Gasteiger partial charge is 0.372 e. The number of imidazole rings is 1. The summed E-state index contributed by atoms with van der Waals surface area (Å²) in [4.78, 5) is 4.28. The van der Waals surface area contributed by atoms with Gasteiger partial charge in [0.25, 0.3) is 0 Å². The normalized spacial score (nSPS) is 13.9. The zero-order chi connectivity index (χ0) is 7.68. The molecule has 1 aliphatic heterocycles. The Balaban J connectivity index is 0.000000720. The predicted molar refractivity (Wildman–Crippen MR) is 54.3 cm³/mol. The molecule has 0 amide bonds. The molecule has 0 spiro atoms. The van der Waals surface area contributed by atoms with Gasteiger partial charge in [-0.05, 0) is 0 Å². The second-order valence-corrected chi connectivity index (χ2v) is 2.60. The van der Waals surface area contributed by atoms with E-state index in [1.807, 2.05) is 6.20 Å². The SMILES string of the molecule is Cl.Cl.NCc1cn2c(n1)COCC2. The van der Waals surface area contributed by atoms with Crippen LogP contribution in [0.2, 0.25) is 0 Å². The van der Waals surface area contributed by atoms with Gasteiger partial charge in [0, 0.05) is 19.3 Å². The first-order valence-corrected chi connectivity index (χ1v) is 3.73. The van der Waals surface area contributed by atoms with Gasteiger partial charge in [0.15, 0.2) is 0 Å². The number of hydrogen-bond donors (Lipinski definition) is 1. The van der Waals surface area contributed by atoms with E-state index in [2.05, 4.69) is 9.55 Å². The van der Waals surface area contributed by atoms with Crippen molar-refractivity contribution in [3.05, 3.63) is 17.7 Å². The molecule has 0 fully saturated rings. The first-order chi connectivity index (χ1) is 5.40. The number of halogens is 2. The minimum Gasteiger partial charge on any atom is -0.372 e. The van der Waals surface area contributed by atoms with E-state index in [0.29, 0.717) is 13.2 Å². The Hall–Kier alpha value is -0.290. The van der Waals surface area contributed by atoms with Gasteiger partial charge < -0.3 is 15.0 Å². The quantitative estimate of drug-likeness (QED) is 0.767. The summed E-state index contributed by atoms with van der Waals surface area (Å²) in [7, 11) is 0. The summed E-state index contributed by atoms with van der Waals surface area (Å²) in [6.07, 6.45) is 2.00. The lowest BCUT2D eigenvalue weighted by atomic mass is 10.5. The van der Waals surface area contributed by atoms with E-state index in [0.717, 1.165) is 24.7 Å². The fourth-order valence-electron chi connectivity index (χ4n) is 1.25. The molecule has 0 aliphatic carbocycles. The number of aromatic nitrogens is 2. The Morgan fingerprint density at radius 3 is 2.92 bits per heavy atom. The maximum atomic E-state index is 5.45. The molecule has 0 aromatic carbocycles. The number of nitrogens with two attached hydrogens (primary N) is 1. The fourth-order valence-corrected chi connectivity index (χ4v) is 1.25. The third-order valence-corrected chi connectivity index (χ3v) is 1.83. The van der Waals surface area contributed by atoms with Crippen molar-refractivity contribution in [2.45, 2.75) is 19.7 Å². The van der Waals surface area contributed by atoms with Gasteiger partial charge in [-0.15, -0.1) is 24.8 Å². The van der Waals surface area contributed by atoms with Gasteiger partial charge in [-0.1, -0.05) is 0 Å². The van der Waals surface area contributed by atoms with Gasteiger partial charge in [0.2, 0.25) is 0 Å². The maximum absolute atomic E-state index is 5.45. The second-order valence-electron chi connectivity index (χ2n) is 2.60. The molecule has 0 saturated heterocycles. The van der Waals surface area contributed by atoms with E-state index in [-0.39, 0.29) is 24.8 Å². The van der Waals surface area contributed by atoms with Crippen LogP contribution in [0.1, 0.15) is 11.5 Å². The predicted octanol–water partition coefficient (Wildman–Crippen LogP) is 0.716. The first-order valence-electron chi connectivity index (χ1n) is 3.73. The number of nitrogens with zero attached hydrogens (tertiary/aromatic N) is 2. The highest BCUT2D eigenvalue weighted by Gasteiger charge is 2.10. The Morgan fingerprint density at radius 1 is 1.54 bits per heavy atom. The van der Waals surface area contributed by atoms with Crippen molar-refractivity contribution in [1.82, 2.24) is 9.55 Å². The molecule has 0 radical (unpaired) electrons. The van der Waals surface area contributed by atoms with Crippen molar-refractivity contribution in [2.75, 3.05) is 6.61 Å². The number of hydrogen-bond acceptors (Lipinski definition) is 3.